The van der Waals surface area contributed by atoms with E-state index in [9.17, 15) is 4.79 Å². The van der Waals surface area contributed by atoms with Gasteiger partial charge < -0.3 is 14.5 Å². The zero-order chi connectivity index (χ0) is 24.5. The summed E-state index contributed by atoms with van der Waals surface area (Å²) in [4.78, 5) is 14.7. The van der Waals surface area contributed by atoms with Gasteiger partial charge in [0.1, 0.15) is 11.2 Å². The fourth-order valence-electron chi connectivity index (χ4n) is 4.49. The van der Waals surface area contributed by atoms with Crippen LogP contribution in [0, 0.1) is 6.07 Å². The van der Waals surface area contributed by atoms with Crippen molar-refractivity contribution in [1.82, 2.24) is 4.98 Å². The van der Waals surface area contributed by atoms with Crippen LogP contribution in [-0.4, -0.2) is 15.9 Å². The third kappa shape index (κ3) is 6.09. The maximum Gasteiger partial charge on any atom is 0.155 e. The first-order valence-corrected chi connectivity index (χ1v) is 11.9. The quantitative estimate of drug-likeness (QED) is 0.138. The molecule has 4 aromatic rings. The van der Waals surface area contributed by atoms with Gasteiger partial charge in [0.2, 0.25) is 0 Å². The monoisotopic (exact) mass is 647 g/mol. The topological polar surface area (TPSA) is 63.3 Å². The van der Waals surface area contributed by atoms with Crippen molar-refractivity contribution >= 4 is 27.7 Å². The SMILES string of the molecule is CC(=O)/C=C(/C)O.CC(C)(C)c1cc[c-]c(-c2nccc3c2oc2cc4c(cc23)CCCC4)c1.[Ir]. The first-order valence-electron chi connectivity index (χ1n) is 11.9. The van der Waals surface area contributed by atoms with Gasteiger partial charge in [-0.3, -0.25) is 4.79 Å². The first-order chi connectivity index (χ1) is 16.1. The van der Waals surface area contributed by atoms with Gasteiger partial charge in [0.15, 0.2) is 5.78 Å². The van der Waals surface area contributed by atoms with Crippen LogP contribution >= 0.6 is 0 Å². The average molecular weight is 647 g/mol. The first kappa shape index (κ1) is 26.8. The standard InChI is InChI=1S/C25H24NO.C5H8O2.Ir/c1-25(2,3)19-10-6-9-18(13-19)23-24-20(11-12-26-23)21-14-16-7-4-5-8-17(16)15-22(21)27-24;1-4(6)3-5(2)7;/h6,10-15H,4-5,7-8H2,1-3H3;3,6H,1-2H3;/q-1;;/b;4-3-;. The van der Waals surface area contributed by atoms with Gasteiger partial charge in [-0.1, -0.05) is 20.8 Å². The molecule has 2 heterocycles. The Labute approximate surface area is 220 Å². The van der Waals surface area contributed by atoms with Gasteiger partial charge in [-0.2, -0.15) is 0 Å². The van der Waals surface area contributed by atoms with Crippen molar-refractivity contribution in [3.8, 4) is 11.3 Å². The van der Waals surface area contributed by atoms with E-state index in [1.165, 1.54) is 61.3 Å². The number of aryl methyl sites for hydroxylation is 2. The summed E-state index contributed by atoms with van der Waals surface area (Å²) in [5.74, 6) is -0.0625. The van der Waals surface area contributed by atoms with E-state index in [1.807, 2.05) is 12.3 Å². The van der Waals surface area contributed by atoms with Gasteiger partial charge in [-0.25, -0.2) is 0 Å². The molecule has 0 spiro atoms. The molecule has 1 aliphatic carbocycles. The predicted molar refractivity (Wildman–Crippen MR) is 138 cm³/mol. The Hall–Kier alpha value is -2.75. The maximum absolute atomic E-state index is 10.0. The van der Waals surface area contributed by atoms with Crippen molar-refractivity contribution in [3.63, 3.8) is 0 Å². The van der Waals surface area contributed by atoms with E-state index in [1.54, 1.807) is 0 Å². The summed E-state index contributed by atoms with van der Waals surface area (Å²) in [6.45, 7) is 9.53. The number of pyridine rings is 1. The zero-order valence-electron chi connectivity index (χ0n) is 21.0. The molecule has 35 heavy (non-hydrogen) atoms. The van der Waals surface area contributed by atoms with E-state index in [0.29, 0.717) is 0 Å². The third-order valence-electron chi connectivity index (χ3n) is 6.19. The minimum Gasteiger partial charge on any atom is -0.512 e. The fourth-order valence-corrected chi connectivity index (χ4v) is 4.49. The molecule has 0 atom stereocenters. The molecule has 5 rings (SSSR count). The van der Waals surface area contributed by atoms with Gasteiger partial charge in [-0.15, -0.1) is 35.4 Å². The van der Waals surface area contributed by atoms with E-state index in [0.717, 1.165) is 34.2 Å². The summed E-state index contributed by atoms with van der Waals surface area (Å²) < 4.78 is 6.35. The number of hydrogen-bond acceptors (Lipinski definition) is 4. The molecule has 0 unspecified atom stereocenters. The number of rotatable bonds is 2. The molecule has 5 heteroatoms. The van der Waals surface area contributed by atoms with E-state index in [2.05, 4.69) is 62.2 Å². The van der Waals surface area contributed by atoms with E-state index < -0.39 is 0 Å². The largest absolute Gasteiger partial charge is 0.512 e. The third-order valence-corrected chi connectivity index (χ3v) is 6.19. The molecule has 1 aliphatic rings. The predicted octanol–water partition coefficient (Wildman–Crippen LogP) is 7.66. The van der Waals surface area contributed by atoms with Crippen LogP contribution in [0.25, 0.3) is 33.2 Å². The van der Waals surface area contributed by atoms with Crippen LogP contribution in [-0.2, 0) is 43.2 Å². The van der Waals surface area contributed by atoms with Gasteiger partial charge in [0.25, 0.3) is 0 Å². The fraction of sp³-hybridized carbons (Fsp3) is 0.333. The summed E-state index contributed by atoms with van der Waals surface area (Å²) in [5, 5.41) is 10.7. The molecular weight excluding hydrogens is 615 g/mol. The zero-order valence-corrected chi connectivity index (χ0v) is 23.4. The van der Waals surface area contributed by atoms with Crippen LogP contribution in [0.2, 0.25) is 0 Å². The normalized spacial score (nSPS) is 13.6. The number of aliphatic hydroxyl groups is 1. The van der Waals surface area contributed by atoms with Crippen LogP contribution in [0.1, 0.15) is 64.2 Å². The smallest absolute Gasteiger partial charge is 0.155 e. The number of fused-ring (bicyclic) bond motifs is 4. The summed E-state index contributed by atoms with van der Waals surface area (Å²) >= 11 is 0. The Balaban J connectivity index is 0.000000378. The molecule has 0 saturated heterocycles. The Kier molecular flexibility index (Phi) is 8.35. The molecular formula is C30H32IrNO3-. The summed E-state index contributed by atoms with van der Waals surface area (Å²) in [7, 11) is 0. The Morgan fingerprint density at radius 1 is 1.06 bits per heavy atom. The van der Waals surface area contributed by atoms with Crippen LogP contribution in [0.4, 0.5) is 0 Å². The number of aliphatic hydroxyl groups excluding tert-OH is 1. The number of nitrogens with zero attached hydrogens (tertiary/aromatic N) is 1. The van der Waals surface area contributed by atoms with Crippen molar-refractivity contribution in [2.75, 3.05) is 0 Å². The molecule has 0 saturated carbocycles. The van der Waals surface area contributed by atoms with Crippen molar-refractivity contribution in [3.05, 3.63) is 77.2 Å². The number of benzene rings is 2. The number of furan rings is 1. The second-order valence-corrected chi connectivity index (χ2v) is 10.1. The number of aromatic nitrogens is 1. The number of allylic oxidation sites excluding steroid dienone is 2. The van der Waals surface area contributed by atoms with Crippen molar-refractivity contribution in [2.24, 2.45) is 0 Å². The van der Waals surface area contributed by atoms with Crippen LogP contribution < -0.4 is 0 Å². The van der Waals surface area contributed by atoms with E-state index >= 15 is 0 Å². The Morgan fingerprint density at radius 2 is 1.74 bits per heavy atom. The maximum atomic E-state index is 10.0. The Bertz CT molecular complexity index is 1390. The minimum absolute atomic E-state index is 0. The molecule has 1 radical (unpaired) electrons. The number of carbonyl (C=O) groups is 1. The van der Waals surface area contributed by atoms with Crippen molar-refractivity contribution < 1.29 is 34.4 Å². The van der Waals surface area contributed by atoms with Crippen LogP contribution in [0.15, 0.2) is 58.8 Å². The molecule has 4 nitrogen and oxygen atoms in total. The summed E-state index contributed by atoms with van der Waals surface area (Å²) in [5.41, 5.74) is 8.03. The van der Waals surface area contributed by atoms with Crippen LogP contribution in [0.3, 0.4) is 0 Å². The molecule has 0 amide bonds. The van der Waals surface area contributed by atoms with Crippen molar-refractivity contribution in [1.29, 1.82) is 0 Å². The molecule has 0 bridgehead atoms. The average Bonchev–Trinajstić information content (AvgIpc) is 3.14. The minimum atomic E-state index is -0.125. The molecule has 185 valence electrons. The molecule has 2 aromatic heterocycles. The Morgan fingerprint density at radius 3 is 2.34 bits per heavy atom. The summed E-state index contributed by atoms with van der Waals surface area (Å²) in [6.07, 6.45) is 7.96. The molecule has 0 aliphatic heterocycles. The van der Waals surface area contributed by atoms with E-state index in [-0.39, 0.29) is 37.1 Å². The number of hydrogen-bond donors (Lipinski definition) is 1. The van der Waals surface area contributed by atoms with Gasteiger partial charge in [0.05, 0.1) is 5.76 Å². The number of carbonyl (C=O) groups excluding carboxylic acids is 1. The van der Waals surface area contributed by atoms with Gasteiger partial charge >= 0.3 is 0 Å². The molecule has 0 fully saturated rings. The van der Waals surface area contributed by atoms with Crippen LogP contribution in [0.5, 0.6) is 0 Å². The summed E-state index contributed by atoms with van der Waals surface area (Å²) in [6, 6.07) is 16.4. The number of ketones is 1. The van der Waals surface area contributed by atoms with Crippen molar-refractivity contribution in [2.45, 2.75) is 65.7 Å². The van der Waals surface area contributed by atoms with Gasteiger partial charge in [-0.05, 0) is 74.3 Å². The second-order valence-electron chi connectivity index (χ2n) is 10.1. The second kappa shape index (κ2) is 10.9. The molecule has 2 aromatic carbocycles. The van der Waals surface area contributed by atoms with Gasteiger partial charge in [0, 0.05) is 48.8 Å². The molecule has 1 N–H and O–H groups in total. The van der Waals surface area contributed by atoms with E-state index in [4.69, 9.17) is 9.52 Å².